The molecule has 8 nitrogen and oxygen atoms in total. The summed E-state index contributed by atoms with van der Waals surface area (Å²) in [7, 11) is -4.70. The Balaban J connectivity index is 2.04. The molecule has 9 heteroatoms. The van der Waals surface area contributed by atoms with Crippen molar-refractivity contribution in [2.24, 2.45) is 5.92 Å². The fourth-order valence-electron chi connectivity index (χ4n) is 2.63. The molecule has 2 rings (SSSR count). The Morgan fingerprint density at radius 1 is 1.16 bits per heavy atom. The van der Waals surface area contributed by atoms with Crippen LogP contribution in [0.2, 0.25) is 0 Å². The zero-order valence-electron chi connectivity index (χ0n) is 13.2. The third-order valence-electron chi connectivity index (χ3n) is 3.81. The van der Waals surface area contributed by atoms with E-state index in [-0.39, 0.29) is 17.9 Å². The van der Waals surface area contributed by atoms with Crippen LogP contribution in [-0.4, -0.2) is 36.7 Å². The summed E-state index contributed by atoms with van der Waals surface area (Å²) in [6, 6.07) is 6.48. The van der Waals surface area contributed by atoms with Gasteiger partial charge in [0.05, 0.1) is 5.92 Å². The molecule has 1 aliphatic rings. The van der Waals surface area contributed by atoms with E-state index in [1.54, 1.807) is 12.1 Å². The van der Waals surface area contributed by atoms with Crippen LogP contribution >= 0.6 is 7.75 Å². The molecule has 0 bridgehead atoms. The molecule has 0 heterocycles. The Kier molecular flexibility index (Phi) is 5.82. The average molecular weight is 369 g/mol. The highest BCUT2D eigenvalue weighted by atomic mass is 31.2. The van der Waals surface area contributed by atoms with Gasteiger partial charge in [0.1, 0.15) is 5.75 Å². The molecule has 1 atom stereocenters. The van der Waals surface area contributed by atoms with E-state index in [0.29, 0.717) is 12.8 Å². The molecule has 1 aliphatic carbocycles. The standard InChI is InChI=1S/C16H20NO7P/c18-12-5-3-11(4-6-12)2-1-9-16(20,21)14-8-7-13(19)10-15(14)17-25(22,23)24/h3-8,10,14,18,20-21H,1-2,9H2,(H3,17,22,23,24). The number of benzene rings is 1. The van der Waals surface area contributed by atoms with Gasteiger partial charge in [0, 0.05) is 18.2 Å². The van der Waals surface area contributed by atoms with Crippen LogP contribution in [0.4, 0.5) is 0 Å². The molecular weight excluding hydrogens is 349 g/mol. The average Bonchev–Trinajstić information content (AvgIpc) is 2.47. The molecule has 0 radical (unpaired) electrons. The van der Waals surface area contributed by atoms with Crippen LogP contribution in [0.15, 0.2) is 48.2 Å². The second kappa shape index (κ2) is 7.51. The predicted octanol–water partition coefficient (Wildman–Crippen LogP) is 0.717. The van der Waals surface area contributed by atoms with Gasteiger partial charge in [-0.3, -0.25) is 9.88 Å². The third-order valence-corrected chi connectivity index (χ3v) is 4.35. The summed E-state index contributed by atoms with van der Waals surface area (Å²) in [5.74, 6) is -3.83. The lowest BCUT2D eigenvalue weighted by Gasteiger charge is -2.33. The molecule has 0 fully saturated rings. The first-order chi connectivity index (χ1) is 11.6. The summed E-state index contributed by atoms with van der Waals surface area (Å²) >= 11 is 0. The number of carbonyl (C=O) groups excluding carboxylic acids is 1. The van der Waals surface area contributed by atoms with E-state index < -0.39 is 25.2 Å². The summed E-state index contributed by atoms with van der Waals surface area (Å²) in [6.07, 6.45) is 4.07. The smallest absolute Gasteiger partial charge is 0.427 e. The number of allylic oxidation sites excluding steroid dienone is 2. The summed E-state index contributed by atoms with van der Waals surface area (Å²) in [5, 5.41) is 31.8. The molecule has 0 aliphatic heterocycles. The van der Waals surface area contributed by atoms with Gasteiger partial charge >= 0.3 is 7.75 Å². The molecule has 1 unspecified atom stereocenters. The van der Waals surface area contributed by atoms with Gasteiger partial charge in [0.2, 0.25) is 0 Å². The fraction of sp³-hybridized carbons (Fsp3) is 0.312. The number of hydrogen-bond donors (Lipinski definition) is 6. The third kappa shape index (κ3) is 5.81. The number of aromatic hydroxyl groups is 1. The van der Waals surface area contributed by atoms with Crippen molar-refractivity contribution in [3.8, 4) is 5.75 Å². The van der Waals surface area contributed by atoms with Crippen LogP contribution in [0.1, 0.15) is 18.4 Å². The molecule has 1 aromatic carbocycles. The highest BCUT2D eigenvalue weighted by Gasteiger charge is 2.38. The Hall–Kier alpha value is -1.96. The summed E-state index contributed by atoms with van der Waals surface area (Å²) in [6.45, 7) is 0. The SMILES string of the molecule is O=C1C=CC(C(O)(O)CCCc2ccc(O)cc2)C(NP(=O)(O)O)=C1. The zero-order valence-corrected chi connectivity index (χ0v) is 14.1. The van der Waals surface area contributed by atoms with Gasteiger partial charge in [-0.15, -0.1) is 0 Å². The van der Waals surface area contributed by atoms with Crippen molar-refractivity contribution in [3.05, 3.63) is 53.8 Å². The van der Waals surface area contributed by atoms with Crippen molar-refractivity contribution in [1.82, 2.24) is 5.09 Å². The first-order valence-corrected chi connectivity index (χ1v) is 9.18. The van der Waals surface area contributed by atoms with Crippen molar-refractivity contribution >= 4 is 13.5 Å². The number of carbonyl (C=O) groups is 1. The summed E-state index contributed by atoms with van der Waals surface area (Å²) in [4.78, 5) is 29.5. The summed E-state index contributed by atoms with van der Waals surface area (Å²) in [5.41, 5.74) is 0.655. The normalized spacial score (nSPS) is 18.2. The van der Waals surface area contributed by atoms with Crippen molar-refractivity contribution in [3.63, 3.8) is 0 Å². The largest absolute Gasteiger partial charge is 0.508 e. The molecule has 25 heavy (non-hydrogen) atoms. The van der Waals surface area contributed by atoms with E-state index in [2.05, 4.69) is 0 Å². The van der Waals surface area contributed by atoms with Gasteiger partial charge in [-0.2, -0.15) is 0 Å². The number of rotatable bonds is 7. The number of phenolic OH excluding ortho intramolecular Hbond substituents is 1. The van der Waals surface area contributed by atoms with Crippen molar-refractivity contribution in [2.45, 2.75) is 25.0 Å². The number of nitrogens with one attached hydrogen (secondary N) is 1. The van der Waals surface area contributed by atoms with Crippen LogP contribution in [0.5, 0.6) is 5.75 Å². The van der Waals surface area contributed by atoms with Crippen molar-refractivity contribution in [1.29, 1.82) is 0 Å². The summed E-state index contributed by atoms with van der Waals surface area (Å²) < 4.78 is 11.1. The second-order valence-electron chi connectivity index (χ2n) is 5.89. The molecule has 136 valence electrons. The van der Waals surface area contributed by atoms with E-state index in [1.807, 2.05) is 5.09 Å². The van der Waals surface area contributed by atoms with Crippen LogP contribution < -0.4 is 5.09 Å². The monoisotopic (exact) mass is 369 g/mol. The maximum atomic E-state index is 11.4. The molecule has 0 aromatic heterocycles. The maximum absolute atomic E-state index is 11.4. The highest BCUT2D eigenvalue weighted by Crippen LogP contribution is 2.37. The van der Waals surface area contributed by atoms with Crippen LogP contribution in [0.3, 0.4) is 0 Å². The molecule has 0 amide bonds. The predicted molar refractivity (Wildman–Crippen MR) is 89.1 cm³/mol. The van der Waals surface area contributed by atoms with Gasteiger partial charge in [0.15, 0.2) is 11.6 Å². The van der Waals surface area contributed by atoms with Gasteiger partial charge < -0.3 is 25.1 Å². The number of ketones is 1. The van der Waals surface area contributed by atoms with Crippen LogP contribution in [0.25, 0.3) is 0 Å². The Morgan fingerprint density at radius 2 is 1.80 bits per heavy atom. The van der Waals surface area contributed by atoms with Gasteiger partial charge in [-0.05, 0) is 36.6 Å². The molecular formula is C16H20NO7P. The lowest BCUT2D eigenvalue weighted by Crippen LogP contribution is -2.41. The first kappa shape index (κ1) is 19.4. The molecule has 1 aromatic rings. The minimum absolute atomic E-state index is 0.0861. The van der Waals surface area contributed by atoms with Crippen LogP contribution in [0, 0.1) is 5.92 Å². The Labute approximate surface area is 144 Å². The number of aryl methyl sites for hydroxylation is 1. The quantitative estimate of drug-likeness (QED) is 0.304. The molecule has 6 N–H and O–H groups in total. The van der Waals surface area contributed by atoms with Gasteiger partial charge in [0.25, 0.3) is 0 Å². The van der Waals surface area contributed by atoms with Crippen LogP contribution in [-0.2, 0) is 15.8 Å². The van der Waals surface area contributed by atoms with E-state index in [1.165, 1.54) is 18.2 Å². The van der Waals surface area contributed by atoms with Crippen molar-refractivity contribution < 1.29 is 34.5 Å². The number of aliphatic hydroxyl groups is 2. The topological polar surface area (TPSA) is 147 Å². The molecule has 0 saturated heterocycles. The molecule has 0 spiro atoms. The Bertz CT molecular complexity index is 733. The first-order valence-electron chi connectivity index (χ1n) is 7.57. The highest BCUT2D eigenvalue weighted by molar-refractivity contribution is 7.49. The minimum atomic E-state index is -4.70. The van der Waals surface area contributed by atoms with Gasteiger partial charge in [-0.1, -0.05) is 18.2 Å². The van der Waals surface area contributed by atoms with E-state index in [4.69, 9.17) is 9.79 Å². The van der Waals surface area contributed by atoms with E-state index >= 15 is 0 Å². The number of hydrogen-bond acceptors (Lipinski definition) is 5. The van der Waals surface area contributed by atoms with E-state index in [9.17, 15) is 24.7 Å². The minimum Gasteiger partial charge on any atom is -0.508 e. The lowest BCUT2D eigenvalue weighted by atomic mass is 9.87. The Morgan fingerprint density at radius 3 is 2.40 bits per heavy atom. The zero-order chi connectivity index (χ0) is 18.7. The van der Waals surface area contributed by atoms with E-state index in [0.717, 1.165) is 17.7 Å². The lowest BCUT2D eigenvalue weighted by molar-refractivity contribution is -0.186. The second-order valence-corrected chi connectivity index (χ2v) is 7.20. The van der Waals surface area contributed by atoms with Crippen molar-refractivity contribution in [2.75, 3.05) is 0 Å². The fourth-order valence-corrected chi connectivity index (χ4v) is 3.17. The van der Waals surface area contributed by atoms with Gasteiger partial charge in [-0.25, -0.2) is 4.57 Å². The molecule has 0 saturated carbocycles. The number of phenols is 1. The maximum Gasteiger partial charge on any atom is 0.427 e.